The summed E-state index contributed by atoms with van der Waals surface area (Å²) in [7, 11) is 1.91. The van der Waals surface area contributed by atoms with E-state index in [2.05, 4.69) is 10.2 Å². The van der Waals surface area contributed by atoms with Gasteiger partial charge >= 0.3 is 0 Å². The molecule has 0 spiro atoms. The van der Waals surface area contributed by atoms with Gasteiger partial charge in [-0.1, -0.05) is 53.7 Å². The number of rotatable bonds is 5. The molecule has 0 radical (unpaired) electrons. The normalized spacial score (nSPS) is 12.1. The molecule has 24 heavy (non-hydrogen) atoms. The number of nitrogens with zero attached hydrogens (tertiary/aromatic N) is 3. The van der Waals surface area contributed by atoms with Crippen molar-refractivity contribution in [3.8, 4) is 11.4 Å². The van der Waals surface area contributed by atoms with Crippen LogP contribution in [-0.2, 0) is 7.05 Å². The third-order valence-electron chi connectivity index (χ3n) is 3.65. The molecule has 0 fully saturated rings. The topological polar surface area (TPSA) is 47.8 Å². The van der Waals surface area contributed by atoms with Gasteiger partial charge in [0.25, 0.3) is 0 Å². The van der Waals surface area contributed by atoms with Crippen molar-refractivity contribution in [1.29, 1.82) is 0 Å². The summed E-state index contributed by atoms with van der Waals surface area (Å²) in [4.78, 5) is 12.5. The first kappa shape index (κ1) is 16.7. The smallest absolute Gasteiger partial charge is 0.191 e. The maximum absolute atomic E-state index is 12.5. The minimum absolute atomic E-state index is 0.0425. The van der Waals surface area contributed by atoms with Crippen LogP contribution in [0.4, 0.5) is 0 Å². The van der Waals surface area contributed by atoms with E-state index in [0.29, 0.717) is 15.7 Å². The summed E-state index contributed by atoms with van der Waals surface area (Å²) in [5.41, 5.74) is 1.64. The van der Waals surface area contributed by atoms with Gasteiger partial charge < -0.3 is 4.57 Å². The second-order valence-corrected chi connectivity index (χ2v) is 7.11. The number of benzene rings is 2. The molecule has 122 valence electrons. The Morgan fingerprint density at radius 3 is 2.42 bits per heavy atom. The number of ketones is 1. The van der Waals surface area contributed by atoms with Crippen LogP contribution in [0, 0.1) is 0 Å². The molecule has 3 aromatic rings. The highest BCUT2D eigenvalue weighted by Crippen LogP contribution is 2.27. The molecule has 2 aromatic carbocycles. The monoisotopic (exact) mass is 357 g/mol. The van der Waals surface area contributed by atoms with Crippen molar-refractivity contribution in [2.24, 2.45) is 7.05 Å². The fourth-order valence-electron chi connectivity index (χ4n) is 2.32. The molecule has 1 aromatic heterocycles. The van der Waals surface area contributed by atoms with Crippen LogP contribution in [0.5, 0.6) is 0 Å². The number of hydrogen-bond donors (Lipinski definition) is 0. The van der Waals surface area contributed by atoms with Crippen molar-refractivity contribution in [2.75, 3.05) is 0 Å². The van der Waals surface area contributed by atoms with Crippen LogP contribution in [0.1, 0.15) is 17.3 Å². The Labute approximate surface area is 149 Å². The van der Waals surface area contributed by atoms with Crippen LogP contribution in [0.25, 0.3) is 11.4 Å². The summed E-state index contributed by atoms with van der Waals surface area (Å²) in [6.07, 6.45) is 0. The first-order valence-corrected chi connectivity index (χ1v) is 8.73. The maximum atomic E-state index is 12.5. The zero-order valence-corrected chi connectivity index (χ0v) is 14.9. The third-order valence-corrected chi connectivity index (χ3v) is 5.03. The number of hydrogen-bond acceptors (Lipinski definition) is 4. The fourth-order valence-corrected chi connectivity index (χ4v) is 3.33. The maximum Gasteiger partial charge on any atom is 0.191 e. The summed E-state index contributed by atoms with van der Waals surface area (Å²) in [5, 5.41) is 9.53. The minimum atomic E-state index is -0.266. The van der Waals surface area contributed by atoms with Crippen molar-refractivity contribution < 1.29 is 4.79 Å². The molecule has 4 nitrogen and oxygen atoms in total. The number of carbonyl (C=O) groups is 1. The SMILES string of the molecule is CC(Sc1nnc(-c2ccccc2)n1C)C(=O)c1ccc(Cl)cc1. The van der Waals surface area contributed by atoms with Crippen LogP contribution in [0.2, 0.25) is 5.02 Å². The van der Waals surface area contributed by atoms with Gasteiger partial charge in [-0.05, 0) is 31.2 Å². The highest BCUT2D eigenvalue weighted by molar-refractivity contribution is 8.00. The van der Waals surface area contributed by atoms with Gasteiger partial charge in [0.1, 0.15) is 0 Å². The lowest BCUT2D eigenvalue weighted by Gasteiger charge is -2.10. The number of aromatic nitrogens is 3. The average molecular weight is 358 g/mol. The molecule has 6 heteroatoms. The largest absolute Gasteiger partial charge is 0.305 e. The lowest BCUT2D eigenvalue weighted by molar-refractivity contribution is 0.0994. The van der Waals surface area contributed by atoms with E-state index < -0.39 is 0 Å². The number of halogens is 1. The molecule has 0 aliphatic carbocycles. The lowest BCUT2D eigenvalue weighted by Crippen LogP contribution is -2.14. The molecule has 0 N–H and O–H groups in total. The zero-order valence-electron chi connectivity index (χ0n) is 13.3. The molecule has 0 saturated carbocycles. The summed E-state index contributed by atoms with van der Waals surface area (Å²) in [6, 6.07) is 16.8. The van der Waals surface area contributed by atoms with Gasteiger partial charge in [-0.2, -0.15) is 0 Å². The highest BCUT2D eigenvalue weighted by atomic mass is 35.5. The fraction of sp³-hybridized carbons (Fsp3) is 0.167. The van der Waals surface area contributed by atoms with Gasteiger partial charge in [-0.15, -0.1) is 10.2 Å². The predicted molar refractivity (Wildman–Crippen MR) is 97.5 cm³/mol. The van der Waals surface area contributed by atoms with E-state index in [1.165, 1.54) is 11.8 Å². The van der Waals surface area contributed by atoms with Gasteiger partial charge in [0.15, 0.2) is 16.8 Å². The Morgan fingerprint density at radius 2 is 1.75 bits per heavy atom. The van der Waals surface area contributed by atoms with Gasteiger partial charge in [-0.25, -0.2) is 0 Å². The summed E-state index contributed by atoms with van der Waals surface area (Å²) < 4.78 is 1.91. The van der Waals surface area contributed by atoms with E-state index in [9.17, 15) is 4.79 Å². The van der Waals surface area contributed by atoms with Crippen LogP contribution in [0.3, 0.4) is 0 Å². The Kier molecular flexibility index (Phi) is 5.02. The molecule has 0 aliphatic rings. The van der Waals surface area contributed by atoms with E-state index in [1.54, 1.807) is 24.3 Å². The summed E-state index contributed by atoms with van der Waals surface area (Å²) in [5.74, 6) is 0.824. The minimum Gasteiger partial charge on any atom is -0.305 e. The second kappa shape index (κ2) is 7.20. The quantitative estimate of drug-likeness (QED) is 0.498. The molecular formula is C18H16ClN3OS. The summed E-state index contributed by atoms with van der Waals surface area (Å²) >= 11 is 7.27. The number of Topliss-reactive ketones (excluding diaryl/α,β-unsaturated/α-hetero) is 1. The van der Waals surface area contributed by atoms with E-state index in [4.69, 9.17) is 11.6 Å². The first-order chi connectivity index (χ1) is 11.6. The van der Waals surface area contributed by atoms with Crippen LogP contribution in [0.15, 0.2) is 59.8 Å². The first-order valence-electron chi connectivity index (χ1n) is 7.47. The van der Waals surface area contributed by atoms with Crippen LogP contribution >= 0.6 is 23.4 Å². The van der Waals surface area contributed by atoms with E-state index >= 15 is 0 Å². The van der Waals surface area contributed by atoms with Crippen molar-refractivity contribution in [2.45, 2.75) is 17.3 Å². The van der Waals surface area contributed by atoms with E-state index in [1.807, 2.05) is 48.9 Å². The molecule has 1 unspecified atom stereocenters. The molecule has 0 saturated heterocycles. The Hall–Kier alpha value is -2.11. The third kappa shape index (κ3) is 3.52. The van der Waals surface area contributed by atoms with Gasteiger partial charge in [-0.3, -0.25) is 4.79 Å². The van der Waals surface area contributed by atoms with Crippen LogP contribution in [-0.4, -0.2) is 25.8 Å². The van der Waals surface area contributed by atoms with Crippen molar-refractivity contribution in [3.05, 3.63) is 65.2 Å². The molecule has 1 atom stereocenters. The molecule has 3 rings (SSSR count). The summed E-state index contributed by atoms with van der Waals surface area (Å²) in [6.45, 7) is 1.87. The van der Waals surface area contributed by atoms with Crippen molar-refractivity contribution in [3.63, 3.8) is 0 Å². The lowest BCUT2D eigenvalue weighted by atomic mass is 10.1. The standard InChI is InChI=1S/C18H16ClN3OS/c1-12(16(23)13-8-10-15(19)11-9-13)24-18-21-20-17(22(18)2)14-6-4-3-5-7-14/h3-12H,1-2H3. The van der Waals surface area contributed by atoms with Crippen LogP contribution < -0.4 is 0 Å². The van der Waals surface area contributed by atoms with E-state index in [0.717, 1.165) is 11.4 Å². The van der Waals surface area contributed by atoms with E-state index in [-0.39, 0.29) is 11.0 Å². The second-order valence-electron chi connectivity index (χ2n) is 5.36. The molecule has 0 aliphatic heterocycles. The molecule has 0 amide bonds. The average Bonchev–Trinajstić information content (AvgIpc) is 2.96. The predicted octanol–water partition coefficient (Wildman–Crippen LogP) is 4.50. The Bertz CT molecular complexity index is 846. The van der Waals surface area contributed by atoms with Gasteiger partial charge in [0.2, 0.25) is 0 Å². The molecule has 1 heterocycles. The van der Waals surface area contributed by atoms with Gasteiger partial charge in [0, 0.05) is 23.2 Å². The number of carbonyl (C=O) groups excluding carboxylic acids is 1. The number of thioether (sulfide) groups is 1. The Balaban J connectivity index is 1.78. The Morgan fingerprint density at radius 1 is 1.08 bits per heavy atom. The van der Waals surface area contributed by atoms with Gasteiger partial charge in [0.05, 0.1) is 5.25 Å². The van der Waals surface area contributed by atoms with Crippen molar-refractivity contribution in [1.82, 2.24) is 14.8 Å². The molecular weight excluding hydrogens is 342 g/mol. The molecule has 0 bridgehead atoms. The highest BCUT2D eigenvalue weighted by Gasteiger charge is 2.20. The zero-order chi connectivity index (χ0) is 17.1. The van der Waals surface area contributed by atoms with Crippen molar-refractivity contribution >= 4 is 29.1 Å².